The molecule has 1 atom stereocenters. The molecule has 0 spiro atoms. The minimum atomic E-state index is -0.566. The largest absolute Gasteiger partial charge is 0.313 e. The predicted octanol–water partition coefficient (Wildman–Crippen LogP) is 5.16. The lowest BCUT2D eigenvalue weighted by atomic mass is 10.1. The van der Waals surface area contributed by atoms with E-state index in [-0.39, 0.29) is 6.04 Å². The number of nitrogens with one attached hydrogen (secondary N) is 1. The first-order valence-electron chi connectivity index (χ1n) is 6.11. The Labute approximate surface area is 129 Å². The highest BCUT2D eigenvalue weighted by molar-refractivity contribution is 9.10. The molecule has 0 aliphatic carbocycles. The van der Waals surface area contributed by atoms with Crippen LogP contribution in [0.15, 0.2) is 50.7 Å². The molecule has 0 heterocycles. The summed E-state index contributed by atoms with van der Waals surface area (Å²) in [5.74, 6) is -1.11. The molecule has 2 aromatic rings. The second kappa shape index (κ2) is 6.70. The predicted molar refractivity (Wildman–Crippen MR) is 82.1 cm³/mol. The van der Waals surface area contributed by atoms with Crippen LogP contribution in [0.3, 0.4) is 0 Å². The molecule has 0 aromatic heterocycles. The van der Waals surface area contributed by atoms with Crippen molar-refractivity contribution >= 4 is 27.7 Å². The summed E-state index contributed by atoms with van der Waals surface area (Å²) in [7, 11) is 1.90. The van der Waals surface area contributed by atoms with Crippen molar-refractivity contribution in [3.63, 3.8) is 0 Å². The van der Waals surface area contributed by atoms with Gasteiger partial charge in [0.1, 0.15) is 11.6 Å². The molecule has 0 saturated heterocycles. The van der Waals surface area contributed by atoms with Crippen molar-refractivity contribution in [3.8, 4) is 0 Å². The second-order valence-corrected chi connectivity index (χ2v) is 6.32. The average molecular weight is 358 g/mol. The van der Waals surface area contributed by atoms with Gasteiger partial charge in [0, 0.05) is 26.4 Å². The molecule has 0 bridgehead atoms. The molecule has 0 aliphatic rings. The number of halogens is 3. The molecule has 0 amide bonds. The second-order valence-electron chi connectivity index (χ2n) is 4.38. The Bertz CT molecular complexity index is 619. The highest BCUT2D eigenvalue weighted by Crippen LogP contribution is 2.36. The Hall–Kier alpha value is -0.910. The van der Waals surface area contributed by atoms with Crippen LogP contribution in [0.4, 0.5) is 8.78 Å². The van der Waals surface area contributed by atoms with Crippen molar-refractivity contribution in [1.82, 2.24) is 5.32 Å². The van der Waals surface area contributed by atoms with Gasteiger partial charge in [-0.1, -0.05) is 17.8 Å². The molecule has 0 saturated carbocycles. The molecule has 1 nitrogen and oxygen atoms in total. The van der Waals surface area contributed by atoms with E-state index in [9.17, 15) is 8.78 Å². The number of rotatable bonds is 4. The smallest absolute Gasteiger partial charge is 0.140 e. The first kappa shape index (κ1) is 15.5. The van der Waals surface area contributed by atoms with Crippen molar-refractivity contribution in [2.24, 2.45) is 0 Å². The lowest BCUT2D eigenvalue weighted by Crippen LogP contribution is -2.12. The zero-order chi connectivity index (χ0) is 14.7. The summed E-state index contributed by atoms with van der Waals surface area (Å²) in [6.45, 7) is 2.06. The lowest BCUT2D eigenvalue weighted by molar-refractivity contribution is 0.565. The van der Waals surface area contributed by atoms with E-state index < -0.39 is 11.6 Å². The van der Waals surface area contributed by atoms with Gasteiger partial charge in [0.15, 0.2) is 0 Å². The zero-order valence-corrected chi connectivity index (χ0v) is 13.5. The molecular formula is C15H14BrF2NS. The van der Waals surface area contributed by atoms with E-state index in [0.29, 0.717) is 4.90 Å². The first-order chi connectivity index (χ1) is 9.51. The quantitative estimate of drug-likeness (QED) is 0.810. The van der Waals surface area contributed by atoms with Gasteiger partial charge in [-0.2, -0.15) is 0 Å². The van der Waals surface area contributed by atoms with Crippen molar-refractivity contribution in [2.45, 2.75) is 22.8 Å². The summed E-state index contributed by atoms with van der Waals surface area (Å²) in [5.41, 5.74) is 1.14. The van der Waals surface area contributed by atoms with E-state index in [2.05, 4.69) is 28.2 Å². The molecule has 1 unspecified atom stereocenters. The van der Waals surface area contributed by atoms with E-state index in [4.69, 9.17) is 0 Å². The molecule has 0 radical (unpaired) electrons. The maximum Gasteiger partial charge on any atom is 0.140 e. The average Bonchev–Trinajstić information content (AvgIpc) is 2.42. The van der Waals surface area contributed by atoms with Crippen LogP contribution in [-0.2, 0) is 0 Å². The lowest BCUT2D eigenvalue weighted by Gasteiger charge is -2.13. The fraction of sp³-hybridized carbons (Fsp3) is 0.200. The first-order valence-corrected chi connectivity index (χ1v) is 7.72. The van der Waals surface area contributed by atoms with Gasteiger partial charge in [-0.25, -0.2) is 8.78 Å². The molecule has 0 fully saturated rings. The molecule has 1 N–H and O–H groups in total. The topological polar surface area (TPSA) is 12.0 Å². The number of hydrogen-bond acceptors (Lipinski definition) is 2. The zero-order valence-electron chi connectivity index (χ0n) is 11.1. The van der Waals surface area contributed by atoms with Crippen LogP contribution in [0.5, 0.6) is 0 Å². The van der Waals surface area contributed by atoms with Gasteiger partial charge in [0.25, 0.3) is 0 Å². The summed E-state index contributed by atoms with van der Waals surface area (Å²) in [5, 5.41) is 3.16. The van der Waals surface area contributed by atoms with Crippen LogP contribution in [0.1, 0.15) is 18.5 Å². The monoisotopic (exact) mass is 357 g/mol. The Morgan fingerprint density at radius 2 is 1.80 bits per heavy atom. The van der Waals surface area contributed by atoms with E-state index >= 15 is 0 Å². The minimum Gasteiger partial charge on any atom is -0.313 e. The van der Waals surface area contributed by atoms with Crippen molar-refractivity contribution < 1.29 is 8.78 Å². The Morgan fingerprint density at radius 1 is 1.10 bits per heavy atom. The van der Waals surface area contributed by atoms with Crippen LogP contribution >= 0.6 is 27.7 Å². The highest BCUT2D eigenvalue weighted by Gasteiger charge is 2.10. The summed E-state index contributed by atoms with van der Waals surface area (Å²) >= 11 is 4.76. The van der Waals surface area contributed by atoms with E-state index in [1.807, 2.05) is 25.2 Å². The van der Waals surface area contributed by atoms with Crippen LogP contribution in [-0.4, -0.2) is 7.05 Å². The number of benzene rings is 2. The SMILES string of the molecule is CNC(C)c1ccc(Sc2ccc(F)cc2F)c(Br)c1. The Balaban J connectivity index is 2.25. The van der Waals surface area contributed by atoms with Crippen LogP contribution in [0, 0.1) is 11.6 Å². The fourth-order valence-corrected chi connectivity index (χ4v) is 3.17. The molecular weight excluding hydrogens is 344 g/mol. The maximum atomic E-state index is 13.6. The minimum absolute atomic E-state index is 0.243. The highest BCUT2D eigenvalue weighted by atomic mass is 79.9. The van der Waals surface area contributed by atoms with Gasteiger partial charge < -0.3 is 5.32 Å². The van der Waals surface area contributed by atoms with Crippen LogP contribution < -0.4 is 5.32 Å². The third-order valence-corrected chi connectivity index (χ3v) is 5.05. The van der Waals surface area contributed by atoms with Gasteiger partial charge in [-0.3, -0.25) is 0 Å². The van der Waals surface area contributed by atoms with E-state index in [1.54, 1.807) is 0 Å². The van der Waals surface area contributed by atoms with Crippen molar-refractivity contribution in [2.75, 3.05) is 7.05 Å². The van der Waals surface area contributed by atoms with Crippen LogP contribution in [0.2, 0.25) is 0 Å². The molecule has 106 valence electrons. The fourth-order valence-electron chi connectivity index (χ4n) is 1.71. The Morgan fingerprint density at radius 3 is 2.40 bits per heavy atom. The third kappa shape index (κ3) is 3.59. The standard InChI is InChI=1S/C15H14BrF2NS/c1-9(19-2)10-3-5-14(12(16)7-10)20-15-6-4-11(17)8-13(15)18/h3-9,19H,1-2H3. The van der Waals surface area contributed by atoms with Crippen molar-refractivity contribution in [1.29, 1.82) is 0 Å². The molecule has 2 aromatic carbocycles. The summed E-state index contributed by atoms with van der Waals surface area (Å²) in [6, 6.07) is 9.78. The number of hydrogen-bond donors (Lipinski definition) is 1. The van der Waals surface area contributed by atoms with E-state index in [1.165, 1.54) is 23.9 Å². The molecule has 5 heteroatoms. The molecule has 2 rings (SSSR count). The Kier molecular flexibility index (Phi) is 5.18. The van der Waals surface area contributed by atoms with Gasteiger partial charge >= 0.3 is 0 Å². The van der Waals surface area contributed by atoms with Gasteiger partial charge in [0.2, 0.25) is 0 Å². The summed E-state index contributed by atoms with van der Waals surface area (Å²) in [4.78, 5) is 1.30. The van der Waals surface area contributed by atoms with Gasteiger partial charge in [0.05, 0.1) is 0 Å². The summed E-state index contributed by atoms with van der Waals surface area (Å²) < 4.78 is 27.4. The summed E-state index contributed by atoms with van der Waals surface area (Å²) in [6.07, 6.45) is 0. The van der Waals surface area contributed by atoms with Gasteiger partial charge in [-0.15, -0.1) is 0 Å². The third-order valence-electron chi connectivity index (χ3n) is 3.00. The molecule has 20 heavy (non-hydrogen) atoms. The van der Waals surface area contributed by atoms with Crippen molar-refractivity contribution in [3.05, 3.63) is 58.1 Å². The maximum absolute atomic E-state index is 13.6. The van der Waals surface area contributed by atoms with E-state index in [0.717, 1.165) is 21.0 Å². The normalized spacial score (nSPS) is 12.4. The van der Waals surface area contributed by atoms with Gasteiger partial charge in [-0.05, 0) is 59.7 Å². The van der Waals surface area contributed by atoms with Crippen LogP contribution in [0.25, 0.3) is 0 Å². The molecule has 0 aliphatic heterocycles.